The molecule has 0 radical (unpaired) electrons. The average Bonchev–Trinajstić information content (AvgIpc) is 3.22. The smallest absolute Gasteiger partial charge is 0.328 e. The molecule has 5 rings (SSSR count). The molecule has 1 saturated heterocycles. The quantitative estimate of drug-likeness (QED) is 0.400. The third-order valence-electron chi connectivity index (χ3n) is 7.24. The van der Waals surface area contributed by atoms with E-state index >= 15 is 0 Å². The Morgan fingerprint density at radius 3 is 2.64 bits per heavy atom. The topological polar surface area (TPSA) is 83.9 Å². The van der Waals surface area contributed by atoms with Crippen LogP contribution in [0.4, 0.5) is 0 Å². The van der Waals surface area contributed by atoms with Gasteiger partial charge in [-0.05, 0) is 54.9 Å². The lowest BCUT2D eigenvalue weighted by Crippen LogP contribution is -2.43. The van der Waals surface area contributed by atoms with E-state index in [4.69, 9.17) is 4.98 Å². The summed E-state index contributed by atoms with van der Waals surface area (Å²) in [7, 11) is 0. The normalized spacial score (nSPS) is 16.1. The molecule has 7 heteroatoms. The first kappa shape index (κ1) is 24.0. The van der Waals surface area contributed by atoms with Crippen LogP contribution in [0.1, 0.15) is 73.9 Å². The summed E-state index contributed by atoms with van der Waals surface area (Å²) in [6.07, 6.45) is 6.00. The number of nitrogens with one attached hydrogen (secondary N) is 1. The van der Waals surface area contributed by atoms with Crippen LogP contribution in [-0.2, 0) is 6.54 Å². The zero-order valence-corrected chi connectivity index (χ0v) is 21.2. The van der Waals surface area contributed by atoms with Gasteiger partial charge in [-0.2, -0.15) is 0 Å². The molecule has 3 heterocycles. The minimum atomic E-state index is -0.229. The Balaban J connectivity index is 1.43. The van der Waals surface area contributed by atoms with Gasteiger partial charge in [-0.1, -0.05) is 57.2 Å². The molecule has 1 aliphatic heterocycles. The van der Waals surface area contributed by atoms with Crippen LogP contribution in [-0.4, -0.2) is 42.9 Å². The van der Waals surface area contributed by atoms with Crippen molar-refractivity contribution in [1.82, 2.24) is 24.4 Å². The van der Waals surface area contributed by atoms with E-state index in [1.165, 1.54) is 12.0 Å². The van der Waals surface area contributed by atoms with E-state index in [1.807, 2.05) is 47.4 Å². The Morgan fingerprint density at radius 2 is 1.89 bits per heavy atom. The van der Waals surface area contributed by atoms with E-state index in [2.05, 4.69) is 36.8 Å². The number of hydrogen-bond donors (Lipinski definition) is 1. The first-order valence-corrected chi connectivity index (χ1v) is 12.9. The number of nitrogens with zero attached hydrogens (tertiary/aromatic N) is 4. The molecule has 0 bridgehead atoms. The number of imidazole rings is 1. The molecule has 186 valence electrons. The molecule has 1 atom stereocenters. The summed E-state index contributed by atoms with van der Waals surface area (Å²) in [4.78, 5) is 40.1. The van der Waals surface area contributed by atoms with Crippen LogP contribution in [0.15, 0.2) is 59.5 Å². The van der Waals surface area contributed by atoms with Gasteiger partial charge in [0, 0.05) is 23.7 Å². The van der Waals surface area contributed by atoms with Crippen molar-refractivity contribution in [2.24, 2.45) is 0 Å². The number of rotatable bonds is 6. The van der Waals surface area contributed by atoms with Crippen LogP contribution in [0.2, 0.25) is 0 Å². The summed E-state index contributed by atoms with van der Waals surface area (Å²) in [6.45, 7) is 7.62. The first-order valence-electron chi connectivity index (χ1n) is 12.9. The highest BCUT2D eigenvalue weighted by Gasteiger charge is 2.26. The number of aromatic nitrogens is 4. The molecule has 1 N–H and O–H groups in total. The maximum Gasteiger partial charge on any atom is 0.328 e. The number of aromatic amines is 1. The highest BCUT2D eigenvalue weighted by molar-refractivity contribution is 5.94. The number of likely N-dealkylation sites (tertiary alicyclic amines) is 1. The van der Waals surface area contributed by atoms with E-state index in [-0.39, 0.29) is 11.6 Å². The van der Waals surface area contributed by atoms with Gasteiger partial charge in [0.1, 0.15) is 5.52 Å². The zero-order chi connectivity index (χ0) is 25.2. The number of carbonyl (C=O) groups is 1. The molecular weight excluding hydrogens is 450 g/mol. The molecule has 2 aromatic carbocycles. The van der Waals surface area contributed by atoms with Gasteiger partial charge < -0.3 is 9.88 Å². The highest BCUT2D eigenvalue weighted by atomic mass is 16.2. The lowest BCUT2D eigenvalue weighted by Gasteiger charge is -2.35. The van der Waals surface area contributed by atoms with Crippen molar-refractivity contribution in [2.75, 3.05) is 6.54 Å². The van der Waals surface area contributed by atoms with E-state index in [0.29, 0.717) is 41.1 Å². The standard InChI is InChI=1S/C29H33N5O2/c1-4-22-9-7-8-16-33(22)28(35)21-14-12-20(13-15-21)18-34-27-25(31-29(34)36)17-30-26(32-27)24-11-6-5-10-23(24)19(2)3/h5-6,10-15,17,19,22H,4,7-9,16,18H2,1-3H3,(H,31,36). The second-order valence-electron chi connectivity index (χ2n) is 9.94. The zero-order valence-electron chi connectivity index (χ0n) is 21.2. The van der Waals surface area contributed by atoms with Crippen LogP contribution in [0.5, 0.6) is 0 Å². The molecule has 1 unspecified atom stereocenters. The summed E-state index contributed by atoms with van der Waals surface area (Å²) in [5.41, 5.74) is 4.72. The second kappa shape index (κ2) is 10.1. The van der Waals surface area contributed by atoms with Crippen LogP contribution in [0.25, 0.3) is 22.6 Å². The monoisotopic (exact) mass is 483 g/mol. The van der Waals surface area contributed by atoms with Gasteiger partial charge in [-0.25, -0.2) is 14.8 Å². The van der Waals surface area contributed by atoms with E-state index in [0.717, 1.165) is 36.9 Å². The lowest BCUT2D eigenvalue weighted by molar-refractivity contribution is 0.0608. The SMILES string of the molecule is CCC1CCCCN1C(=O)c1ccc(Cn2c(=O)[nH]c3cnc(-c4ccccc4C(C)C)nc32)cc1. The molecule has 0 aliphatic carbocycles. The summed E-state index contributed by atoms with van der Waals surface area (Å²) in [5, 5.41) is 0. The minimum Gasteiger partial charge on any atom is -0.336 e. The predicted molar refractivity (Wildman–Crippen MR) is 142 cm³/mol. The van der Waals surface area contributed by atoms with Gasteiger partial charge >= 0.3 is 5.69 Å². The minimum absolute atomic E-state index is 0.0959. The Hall–Kier alpha value is -3.74. The van der Waals surface area contributed by atoms with Gasteiger partial charge in [-0.3, -0.25) is 9.36 Å². The third-order valence-corrected chi connectivity index (χ3v) is 7.24. The van der Waals surface area contributed by atoms with Crippen molar-refractivity contribution in [3.05, 3.63) is 81.9 Å². The van der Waals surface area contributed by atoms with Crippen molar-refractivity contribution in [3.63, 3.8) is 0 Å². The second-order valence-corrected chi connectivity index (χ2v) is 9.94. The largest absolute Gasteiger partial charge is 0.336 e. The fourth-order valence-electron chi connectivity index (χ4n) is 5.22. The Kier molecular flexibility index (Phi) is 6.72. The molecule has 0 spiro atoms. The number of piperidine rings is 1. The van der Waals surface area contributed by atoms with Gasteiger partial charge in [-0.15, -0.1) is 0 Å². The average molecular weight is 484 g/mol. The number of carbonyl (C=O) groups excluding carboxylic acids is 1. The summed E-state index contributed by atoms with van der Waals surface area (Å²) in [6, 6.07) is 16.0. The molecule has 1 aliphatic rings. The fraction of sp³-hybridized carbons (Fsp3) is 0.379. The van der Waals surface area contributed by atoms with E-state index < -0.39 is 0 Å². The summed E-state index contributed by atoms with van der Waals surface area (Å²) in [5.74, 6) is 1.03. The van der Waals surface area contributed by atoms with Crippen molar-refractivity contribution in [1.29, 1.82) is 0 Å². The predicted octanol–water partition coefficient (Wildman–Crippen LogP) is 5.36. The van der Waals surface area contributed by atoms with Crippen LogP contribution in [0, 0.1) is 0 Å². The van der Waals surface area contributed by atoms with Gasteiger partial charge in [0.25, 0.3) is 5.91 Å². The maximum atomic E-state index is 13.1. The molecule has 36 heavy (non-hydrogen) atoms. The van der Waals surface area contributed by atoms with Crippen molar-refractivity contribution >= 4 is 17.1 Å². The van der Waals surface area contributed by atoms with Crippen LogP contribution < -0.4 is 5.69 Å². The molecule has 4 aromatic rings. The Bertz CT molecular complexity index is 1430. The van der Waals surface area contributed by atoms with E-state index in [9.17, 15) is 9.59 Å². The lowest BCUT2D eigenvalue weighted by atomic mass is 9.97. The van der Waals surface area contributed by atoms with E-state index in [1.54, 1.807) is 10.8 Å². The van der Waals surface area contributed by atoms with Crippen molar-refractivity contribution < 1.29 is 4.79 Å². The van der Waals surface area contributed by atoms with Crippen LogP contribution in [0.3, 0.4) is 0 Å². The molecule has 0 saturated carbocycles. The fourth-order valence-corrected chi connectivity index (χ4v) is 5.22. The van der Waals surface area contributed by atoms with Gasteiger partial charge in [0.2, 0.25) is 0 Å². The summed E-state index contributed by atoms with van der Waals surface area (Å²) >= 11 is 0. The molecular formula is C29H33N5O2. The first-order chi connectivity index (χ1) is 17.5. The third kappa shape index (κ3) is 4.57. The highest BCUT2D eigenvalue weighted by Crippen LogP contribution is 2.27. The Morgan fingerprint density at radius 1 is 1.11 bits per heavy atom. The molecule has 2 aromatic heterocycles. The van der Waals surface area contributed by atoms with Gasteiger partial charge in [0.15, 0.2) is 11.5 Å². The maximum absolute atomic E-state index is 13.1. The van der Waals surface area contributed by atoms with Crippen molar-refractivity contribution in [3.8, 4) is 11.4 Å². The summed E-state index contributed by atoms with van der Waals surface area (Å²) < 4.78 is 1.63. The molecule has 1 amide bonds. The molecule has 7 nitrogen and oxygen atoms in total. The Labute approximate surface area is 211 Å². The van der Waals surface area contributed by atoms with Gasteiger partial charge in [0.05, 0.1) is 12.7 Å². The number of H-pyrrole nitrogens is 1. The number of amides is 1. The number of benzene rings is 2. The number of fused-ring (bicyclic) bond motifs is 1. The molecule has 1 fully saturated rings. The van der Waals surface area contributed by atoms with Crippen LogP contribution >= 0.6 is 0 Å². The number of hydrogen-bond acceptors (Lipinski definition) is 4. The van der Waals surface area contributed by atoms with Crippen molar-refractivity contribution in [2.45, 2.75) is 65.0 Å².